The van der Waals surface area contributed by atoms with Crippen LogP contribution in [-0.2, 0) is 0 Å². The molecule has 2 N–H and O–H groups in total. The third-order valence-electron chi connectivity index (χ3n) is 4.08. The molecular weight excluding hydrogens is 184 g/mol. The average Bonchev–Trinajstić information content (AvgIpc) is 2.25. The number of rotatable bonds is 0. The molecule has 0 amide bonds. The Balaban J connectivity index is 1.83. The van der Waals surface area contributed by atoms with E-state index in [1.54, 1.807) is 0 Å². The number of fused-ring (bicyclic) bond motifs is 9. The van der Waals surface area contributed by atoms with Crippen LogP contribution >= 0.6 is 0 Å². The molecule has 2 heteroatoms. The number of piperidine rings is 1. The molecule has 2 nitrogen and oxygen atoms in total. The molecule has 0 aromatic rings. The lowest BCUT2D eigenvalue weighted by molar-refractivity contribution is 0.287. The molecule has 88 valence electrons. The lowest BCUT2D eigenvalue weighted by Gasteiger charge is -2.32. The summed E-state index contributed by atoms with van der Waals surface area (Å²) in [5, 5.41) is 7.37. The van der Waals surface area contributed by atoms with Crippen LogP contribution in [0.1, 0.15) is 51.9 Å². The van der Waals surface area contributed by atoms with Gasteiger partial charge in [-0.25, -0.2) is 0 Å². The van der Waals surface area contributed by atoms with Gasteiger partial charge >= 0.3 is 0 Å². The van der Waals surface area contributed by atoms with Crippen LogP contribution in [-0.4, -0.2) is 25.2 Å². The van der Waals surface area contributed by atoms with Gasteiger partial charge in [-0.3, -0.25) is 0 Å². The third kappa shape index (κ3) is 3.76. The minimum absolute atomic E-state index is 0.748. The lowest BCUT2D eigenvalue weighted by Crippen LogP contribution is -2.48. The van der Waals surface area contributed by atoms with Gasteiger partial charge in [-0.2, -0.15) is 0 Å². The van der Waals surface area contributed by atoms with Crippen molar-refractivity contribution in [3.63, 3.8) is 0 Å². The Morgan fingerprint density at radius 3 is 2.40 bits per heavy atom. The molecule has 0 aromatic carbocycles. The van der Waals surface area contributed by atoms with Crippen molar-refractivity contribution in [2.45, 2.75) is 64.0 Å². The maximum absolute atomic E-state index is 3.70. The summed E-state index contributed by atoms with van der Waals surface area (Å²) in [6.45, 7) is 4.84. The molecule has 0 spiro atoms. The molecule has 3 aliphatic rings. The quantitative estimate of drug-likeness (QED) is 0.641. The first kappa shape index (κ1) is 11.4. The molecule has 3 saturated heterocycles. The van der Waals surface area contributed by atoms with Crippen LogP contribution in [0, 0.1) is 5.92 Å². The number of hydrogen-bond acceptors (Lipinski definition) is 2. The molecular formula is C13H26N2. The highest BCUT2D eigenvalue weighted by molar-refractivity contribution is 4.82. The molecule has 0 aliphatic carbocycles. The molecule has 2 bridgehead atoms. The zero-order chi connectivity index (χ0) is 10.5. The molecule has 3 atom stereocenters. The van der Waals surface area contributed by atoms with Crippen molar-refractivity contribution in [1.29, 1.82) is 0 Å². The summed E-state index contributed by atoms with van der Waals surface area (Å²) in [7, 11) is 0. The number of nitrogens with one attached hydrogen (secondary N) is 2. The molecule has 3 fully saturated rings. The Labute approximate surface area is 94.2 Å². The molecule has 3 rings (SSSR count). The van der Waals surface area contributed by atoms with Crippen LogP contribution < -0.4 is 10.6 Å². The highest BCUT2D eigenvalue weighted by atomic mass is 15.0. The minimum Gasteiger partial charge on any atom is -0.313 e. The van der Waals surface area contributed by atoms with Gasteiger partial charge in [0.25, 0.3) is 0 Å². The summed E-state index contributed by atoms with van der Waals surface area (Å²) in [5.41, 5.74) is 0. The van der Waals surface area contributed by atoms with E-state index in [4.69, 9.17) is 0 Å². The molecule has 0 radical (unpaired) electrons. The standard InChI is InChI=1S/C13H26N2/c1-11-4-2-3-9-14-13-8-7-12(6-5-11)15-10-13/h11-15H,2-10H2,1H3. The highest BCUT2D eigenvalue weighted by Gasteiger charge is 2.20. The summed E-state index contributed by atoms with van der Waals surface area (Å²) < 4.78 is 0. The van der Waals surface area contributed by atoms with Crippen molar-refractivity contribution >= 4 is 0 Å². The molecule has 3 unspecified atom stereocenters. The fraction of sp³-hybridized carbons (Fsp3) is 1.00. The van der Waals surface area contributed by atoms with Gasteiger partial charge in [0.15, 0.2) is 0 Å². The first-order valence-electron chi connectivity index (χ1n) is 6.81. The fourth-order valence-electron chi connectivity index (χ4n) is 2.89. The second-order valence-electron chi connectivity index (χ2n) is 5.51. The van der Waals surface area contributed by atoms with E-state index in [0.717, 1.165) is 18.0 Å². The van der Waals surface area contributed by atoms with Crippen molar-refractivity contribution in [1.82, 2.24) is 10.6 Å². The van der Waals surface area contributed by atoms with Crippen molar-refractivity contribution in [2.24, 2.45) is 5.92 Å². The van der Waals surface area contributed by atoms with Gasteiger partial charge in [-0.15, -0.1) is 0 Å². The van der Waals surface area contributed by atoms with Crippen molar-refractivity contribution in [3.05, 3.63) is 0 Å². The minimum atomic E-state index is 0.748. The largest absolute Gasteiger partial charge is 0.313 e. The van der Waals surface area contributed by atoms with E-state index in [0.29, 0.717) is 0 Å². The molecule has 3 aliphatic heterocycles. The van der Waals surface area contributed by atoms with Gasteiger partial charge in [0.05, 0.1) is 0 Å². The smallest absolute Gasteiger partial charge is 0.0193 e. The average molecular weight is 210 g/mol. The zero-order valence-electron chi connectivity index (χ0n) is 10.1. The van der Waals surface area contributed by atoms with E-state index in [-0.39, 0.29) is 0 Å². The second kappa shape index (κ2) is 5.86. The maximum atomic E-state index is 3.70. The summed E-state index contributed by atoms with van der Waals surface area (Å²) in [6.07, 6.45) is 9.79. The van der Waals surface area contributed by atoms with Crippen LogP contribution in [0.4, 0.5) is 0 Å². The Bertz CT molecular complexity index is 171. The van der Waals surface area contributed by atoms with Crippen LogP contribution in [0.15, 0.2) is 0 Å². The normalized spacial score (nSPS) is 39.4. The lowest BCUT2D eigenvalue weighted by atomic mass is 9.91. The molecule has 3 heterocycles. The Hall–Kier alpha value is -0.0800. The van der Waals surface area contributed by atoms with Gasteiger partial charge in [-0.1, -0.05) is 19.8 Å². The van der Waals surface area contributed by atoms with Crippen molar-refractivity contribution in [3.8, 4) is 0 Å². The molecule has 0 saturated carbocycles. The van der Waals surface area contributed by atoms with Crippen LogP contribution in [0.2, 0.25) is 0 Å². The van der Waals surface area contributed by atoms with E-state index < -0.39 is 0 Å². The van der Waals surface area contributed by atoms with E-state index in [1.165, 1.54) is 58.0 Å². The molecule has 15 heavy (non-hydrogen) atoms. The van der Waals surface area contributed by atoms with Crippen molar-refractivity contribution in [2.75, 3.05) is 13.1 Å². The van der Waals surface area contributed by atoms with E-state index >= 15 is 0 Å². The van der Waals surface area contributed by atoms with Crippen LogP contribution in [0.5, 0.6) is 0 Å². The van der Waals surface area contributed by atoms with E-state index in [2.05, 4.69) is 17.6 Å². The van der Waals surface area contributed by atoms with Crippen molar-refractivity contribution < 1.29 is 0 Å². The Morgan fingerprint density at radius 1 is 0.800 bits per heavy atom. The van der Waals surface area contributed by atoms with Gasteiger partial charge in [0, 0.05) is 18.6 Å². The van der Waals surface area contributed by atoms with Crippen LogP contribution in [0.3, 0.4) is 0 Å². The SMILES string of the molecule is CC1CCCCNC2CCC(CC1)NC2. The van der Waals surface area contributed by atoms with Gasteiger partial charge in [0.2, 0.25) is 0 Å². The topological polar surface area (TPSA) is 24.1 Å². The summed E-state index contributed by atoms with van der Waals surface area (Å²) in [5.74, 6) is 0.934. The van der Waals surface area contributed by atoms with E-state index in [9.17, 15) is 0 Å². The first-order valence-corrected chi connectivity index (χ1v) is 6.81. The Morgan fingerprint density at radius 2 is 1.60 bits per heavy atom. The number of hydrogen-bond donors (Lipinski definition) is 2. The predicted molar refractivity (Wildman–Crippen MR) is 65.1 cm³/mol. The summed E-state index contributed by atoms with van der Waals surface area (Å²) >= 11 is 0. The third-order valence-corrected chi connectivity index (χ3v) is 4.08. The van der Waals surface area contributed by atoms with Gasteiger partial charge in [-0.05, 0) is 44.6 Å². The van der Waals surface area contributed by atoms with Gasteiger partial charge < -0.3 is 10.6 Å². The maximum Gasteiger partial charge on any atom is 0.0193 e. The van der Waals surface area contributed by atoms with Crippen LogP contribution in [0.25, 0.3) is 0 Å². The van der Waals surface area contributed by atoms with Gasteiger partial charge in [0.1, 0.15) is 0 Å². The predicted octanol–water partition coefficient (Wildman–Crippen LogP) is 2.30. The summed E-state index contributed by atoms with van der Waals surface area (Å²) in [4.78, 5) is 0. The second-order valence-corrected chi connectivity index (χ2v) is 5.51. The first-order chi connectivity index (χ1) is 7.34. The summed E-state index contributed by atoms with van der Waals surface area (Å²) in [6, 6.07) is 1.56. The molecule has 0 aromatic heterocycles. The highest BCUT2D eigenvalue weighted by Crippen LogP contribution is 2.20. The fourth-order valence-corrected chi connectivity index (χ4v) is 2.89. The van der Waals surface area contributed by atoms with E-state index in [1.807, 2.05) is 0 Å². The zero-order valence-corrected chi connectivity index (χ0v) is 10.1. The Kier molecular flexibility index (Phi) is 4.45. The monoisotopic (exact) mass is 210 g/mol.